The Balaban J connectivity index is 0. The van der Waals surface area contributed by atoms with Crippen molar-refractivity contribution in [3.05, 3.63) is 25.3 Å². The van der Waals surface area contributed by atoms with E-state index in [0.29, 0.717) is 6.04 Å². The standard InChI is InChI=1S/C9H17NO.C3H8O3S/c1-3-5-9(6-4-2)10-7-8-11;1-3(2)7(4,5)6/h3-4,9-11H,1-2,5-8H2;3H,1-2H3,(H,4,5,6). The summed E-state index contributed by atoms with van der Waals surface area (Å²) in [6.45, 7) is 11.1. The van der Waals surface area contributed by atoms with Crippen LogP contribution >= 0.6 is 0 Å². The molecule has 0 rings (SSSR count). The quantitative estimate of drug-likeness (QED) is 0.483. The highest BCUT2D eigenvalue weighted by atomic mass is 32.2. The Morgan fingerprint density at radius 3 is 1.89 bits per heavy atom. The van der Waals surface area contributed by atoms with Gasteiger partial charge in [0, 0.05) is 18.1 Å². The van der Waals surface area contributed by atoms with E-state index in [4.69, 9.17) is 5.11 Å². The summed E-state index contributed by atoms with van der Waals surface area (Å²) in [6, 6.07) is 0.511. The molecule has 3 N–H and O–H groups in total. The minimum absolute atomic E-state index is 0.241. The van der Waals surface area contributed by atoms with E-state index < -0.39 is 15.4 Å². The second-order valence-corrected chi connectivity index (χ2v) is 6.03. The first-order valence-corrected chi connectivity index (χ1v) is 7.37. The van der Waals surface area contributed by atoms with Crippen LogP contribution in [0.5, 0.6) is 0 Å². The van der Waals surface area contributed by atoms with Crippen molar-refractivity contribution < 1.29 is 23.4 Å². The average Bonchev–Trinajstić information content (AvgIpc) is 2.26. The maximum atomic E-state index is 9.78. The van der Waals surface area contributed by atoms with E-state index in [0.717, 1.165) is 19.4 Å². The van der Waals surface area contributed by atoms with Crippen LogP contribution in [0.25, 0.3) is 0 Å². The number of hydrogen-bond acceptors (Lipinski definition) is 4. The van der Waals surface area contributed by atoms with Gasteiger partial charge in [0.1, 0.15) is 0 Å². The fraction of sp³-hybridized carbons (Fsp3) is 0.667. The monoisotopic (exact) mass is 279 g/mol. The topological polar surface area (TPSA) is 94.0 Å². The van der Waals surface area contributed by atoms with Crippen molar-refractivity contribution in [2.75, 3.05) is 13.2 Å². The third kappa shape index (κ3) is 13.4. The number of rotatable bonds is 8. The first kappa shape index (κ1) is 19.6. The summed E-state index contributed by atoms with van der Waals surface area (Å²) in [5, 5.41) is 9.91. The van der Waals surface area contributed by atoms with E-state index in [1.165, 1.54) is 13.8 Å². The van der Waals surface area contributed by atoms with Gasteiger partial charge < -0.3 is 15.0 Å². The second-order valence-electron chi connectivity index (χ2n) is 4.10. The lowest BCUT2D eigenvalue weighted by molar-refractivity contribution is -0.689. The van der Waals surface area contributed by atoms with Crippen LogP contribution < -0.4 is 5.32 Å². The Morgan fingerprint density at radius 1 is 1.28 bits per heavy atom. The predicted molar refractivity (Wildman–Crippen MR) is 72.1 cm³/mol. The number of quaternary nitrogens is 1. The maximum Gasteiger partial charge on any atom is 0.0992 e. The third-order valence-corrected chi connectivity index (χ3v) is 3.30. The zero-order valence-corrected chi connectivity index (χ0v) is 12.0. The fourth-order valence-electron chi connectivity index (χ4n) is 1.03. The molecule has 0 spiro atoms. The molecule has 0 atom stereocenters. The van der Waals surface area contributed by atoms with Gasteiger partial charge >= 0.3 is 0 Å². The smallest absolute Gasteiger partial charge is 0.0992 e. The molecule has 0 aliphatic rings. The summed E-state index contributed by atoms with van der Waals surface area (Å²) < 4.78 is 29.3. The van der Waals surface area contributed by atoms with E-state index in [1.807, 2.05) is 12.2 Å². The van der Waals surface area contributed by atoms with Crippen LogP contribution in [-0.4, -0.2) is 42.5 Å². The maximum absolute atomic E-state index is 9.78. The highest BCUT2D eigenvalue weighted by Gasteiger charge is 2.05. The molecular weight excluding hydrogens is 254 g/mol. The lowest BCUT2D eigenvalue weighted by Gasteiger charge is -2.09. The van der Waals surface area contributed by atoms with Crippen LogP contribution in [0.2, 0.25) is 0 Å². The Bertz CT molecular complexity index is 302. The van der Waals surface area contributed by atoms with Crippen LogP contribution in [0.4, 0.5) is 0 Å². The average molecular weight is 279 g/mol. The highest BCUT2D eigenvalue weighted by Crippen LogP contribution is 1.93. The fourth-order valence-corrected chi connectivity index (χ4v) is 1.03. The van der Waals surface area contributed by atoms with E-state index in [1.54, 1.807) is 0 Å². The minimum atomic E-state index is -3.99. The van der Waals surface area contributed by atoms with Gasteiger partial charge in [0.2, 0.25) is 0 Å². The van der Waals surface area contributed by atoms with Crippen LogP contribution in [0.3, 0.4) is 0 Å². The minimum Gasteiger partial charge on any atom is -0.748 e. The Morgan fingerprint density at radius 2 is 1.67 bits per heavy atom. The molecular formula is C12H25NO4S. The molecule has 0 amide bonds. The number of aliphatic hydroxyl groups is 1. The molecule has 18 heavy (non-hydrogen) atoms. The van der Waals surface area contributed by atoms with Crippen LogP contribution in [0.1, 0.15) is 26.7 Å². The van der Waals surface area contributed by atoms with Gasteiger partial charge in [-0.05, 0) is 13.8 Å². The summed E-state index contributed by atoms with van der Waals surface area (Å²) in [6.07, 6.45) is 5.77. The van der Waals surface area contributed by atoms with Crippen molar-refractivity contribution in [3.63, 3.8) is 0 Å². The van der Waals surface area contributed by atoms with Gasteiger partial charge in [-0.3, -0.25) is 0 Å². The molecule has 0 aromatic rings. The van der Waals surface area contributed by atoms with Crippen molar-refractivity contribution in [3.8, 4) is 0 Å². The zero-order valence-electron chi connectivity index (χ0n) is 11.2. The Kier molecular flexibility index (Phi) is 12.4. The normalized spacial score (nSPS) is 11.0. The van der Waals surface area contributed by atoms with E-state index in [9.17, 15) is 13.0 Å². The van der Waals surface area contributed by atoms with Crippen LogP contribution in [-0.2, 0) is 10.1 Å². The Hall–Kier alpha value is -0.690. The molecule has 0 radical (unpaired) electrons. The molecule has 0 unspecified atom stereocenters. The van der Waals surface area contributed by atoms with Crippen molar-refractivity contribution in [1.82, 2.24) is 0 Å². The Labute approximate surface area is 110 Å². The van der Waals surface area contributed by atoms with Gasteiger partial charge in [0.15, 0.2) is 0 Å². The van der Waals surface area contributed by atoms with Crippen molar-refractivity contribution >= 4 is 10.1 Å². The zero-order chi connectivity index (χ0) is 14.6. The molecule has 0 saturated carbocycles. The van der Waals surface area contributed by atoms with E-state index >= 15 is 0 Å². The van der Waals surface area contributed by atoms with Crippen molar-refractivity contribution in [1.29, 1.82) is 0 Å². The van der Waals surface area contributed by atoms with Gasteiger partial charge in [-0.2, -0.15) is 0 Å². The molecule has 108 valence electrons. The third-order valence-electron chi connectivity index (χ3n) is 2.15. The molecule has 0 aliphatic carbocycles. The summed E-state index contributed by atoms with van der Waals surface area (Å²) in [5.41, 5.74) is 0. The molecule has 0 aliphatic heterocycles. The first-order chi connectivity index (χ1) is 8.29. The molecule has 5 nitrogen and oxygen atoms in total. The van der Waals surface area contributed by atoms with Gasteiger partial charge in [0.05, 0.1) is 29.3 Å². The summed E-state index contributed by atoms with van der Waals surface area (Å²) in [5.74, 6) is 0. The summed E-state index contributed by atoms with van der Waals surface area (Å²) in [4.78, 5) is 0. The van der Waals surface area contributed by atoms with Gasteiger partial charge in [-0.1, -0.05) is 12.2 Å². The lowest BCUT2D eigenvalue weighted by atomic mass is 10.1. The second kappa shape index (κ2) is 11.4. The van der Waals surface area contributed by atoms with Crippen LogP contribution in [0.15, 0.2) is 25.3 Å². The van der Waals surface area contributed by atoms with Crippen molar-refractivity contribution in [2.45, 2.75) is 38.0 Å². The number of hydrogen-bond donors (Lipinski definition) is 2. The number of nitrogens with two attached hydrogens (primary N) is 1. The highest BCUT2D eigenvalue weighted by molar-refractivity contribution is 7.86. The van der Waals surface area contributed by atoms with E-state index in [-0.39, 0.29) is 6.61 Å². The van der Waals surface area contributed by atoms with Gasteiger partial charge in [0.25, 0.3) is 0 Å². The molecule has 0 heterocycles. The molecule has 6 heteroatoms. The largest absolute Gasteiger partial charge is 0.748 e. The number of aliphatic hydroxyl groups excluding tert-OH is 1. The summed E-state index contributed by atoms with van der Waals surface area (Å²) >= 11 is 0. The van der Waals surface area contributed by atoms with Crippen molar-refractivity contribution in [2.24, 2.45) is 0 Å². The lowest BCUT2D eigenvalue weighted by Crippen LogP contribution is -2.90. The summed E-state index contributed by atoms with van der Waals surface area (Å²) in [7, 11) is -3.99. The predicted octanol–water partition coefficient (Wildman–Crippen LogP) is 0.00290. The SMILES string of the molecule is C=CCC(CC=C)[NH2+]CCO.CC(C)S(=O)(=O)[O-]. The molecule has 0 bridgehead atoms. The molecule has 0 aromatic carbocycles. The van der Waals surface area contributed by atoms with Gasteiger partial charge in [-0.15, -0.1) is 13.2 Å². The van der Waals surface area contributed by atoms with E-state index in [2.05, 4.69) is 18.5 Å². The first-order valence-electron chi connectivity index (χ1n) is 5.90. The van der Waals surface area contributed by atoms with Gasteiger partial charge in [-0.25, -0.2) is 8.42 Å². The van der Waals surface area contributed by atoms with Crippen LogP contribution in [0, 0.1) is 0 Å². The molecule has 0 aromatic heterocycles. The molecule has 0 saturated heterocycles. The molecule has 0 fully saturated rings.